The quantitative estimate of drug-likeness (QED) is 0.442. The van der Waals surface area contributed by atoms with Gasteiger partial charge in [0.2, 0.25) is 0 Å². The highest BCUT2D eigenvalue weighted by Gasteiger charge is 2.02. The van der Waals surface area contributed by atoms with Crippen LogP contribution < -0.4 is 0 Å². The Hall–Kier alpha value is -1.50. The number of carbonyl (C=O) groups excluding carboxylic acids is 1. The van der Waals surface area contributed by atoms with Gasteiger partial charge in [-0.05, 0) is 13.3 Å². The van der Waals surface area contributed by atoms with Gasteiger partial charge in [0.05, 0.1) is 13.2 Å². The minimum atomic E-state index is -1.83. The summed E-state index contributed by atoms with van der Waals surface area (Å²) in [5.74, 6) is 0. The van der Waals surface area contributed by atoms with Gasteiger partial charge in [-0.15, -0.1) is 0 Å². The molecule has 0 aromatic heterocycles. The molecule has 0 aliphatic carbocycles. The lowest BCUT2D eigenvalue weighted by Gasteiger charge is -2.06. The van der Waals surface area contributed by atoms with Crippen molar-refractivity contribution >= 4 is 12.3 Å². The van der Waals surface area contributed by atoms with Crippen molar-refractivity contribution in [2.45, 2.75) is 52.4 Å². The minimum absolute atomic E-state index is 0.267. The van der Waals surface area contributed by atoms with Crippen LogP contribution in [0.25, 0.3) is 0 Å². The third-order valence-corrected chi connectivity index (χ3v) is 2.37. The molecular weight excluding hydrogens is 280 g/mol. The first kappa shape index (κ1) is 21.8. The van der Waals surface area contributed by atoms with Crippen molar-refractivity contribution in [3.63, 3.8) is 0 Å². The summed E-state index contributed by atoms with van der Waals surface area (Å²) < 4.78 is 14.7. The maximum atomic E-state index is 11.0. The predicted octanol–water partition coefficient (Wildman–Crippen LogP) is 3.76. The van der Waals surface area contributed by atoms with Crippen LogP contribution in [0.15, 0.2) is 0 Å². The number of unbranched alkanes of at least 4 members (excludes halogenated alkanes) is 5. The summed E-state index contributed by atoms with van der Waals surface area (Å²) in [5.41, 5.74) is 0. The number of hydrogen-bond donors (Lipinski definition) is 2. The predicted molar refractivity (Wildman–Crippen MR) is 77.8 cm³/mol. The second-order valence-electron chi connectivity index (χ2n) is 4.19. The number of ether oxygens (including phenoxy) is 3. The molecule has 0 unspecified atom stereocenters. The molecule has 0 saturated carbocycles. The van der Waals surface area contributed by atoms with Crippen LogP contribution in [0, 0.1) is 0 Å². The third-order valence-electron chi connectivity index (χ3n) is 2.37. The molecular formula is C14H28O7. The molecule has 0 atom stereocenters. The highest BCUT2D eigenvalue weighted by Crippen LogP contribution is 2.05. The van der Waals surface area contributed by atoms with Gasteiger partial charge in [-0.25, -0.2) is 9.59 Å². The van der Waals surface area contributed by atoms with E-state index < -0.39 is 12.3 Å². The Morgan fingerprint density at radius 2 is 1.33 bits per heavy atom. The van der Waals surface area contributed by atoms with Gasteiger partial charge in [-0.1, -0.05) is 39.0 Å². The van der Waals surface area contributed by atoms with Gasteiger partial charge in [-0.3, -0.25) is 0 Å². The van der Waals surface area contributed by atoms with Crippen LogP contribution in [0.3, 0.4) is 0 Å². The summed E-state index contributed by atoms with van der Waals surface area (Å²) >= 11 is 0. The fraction of sp³-hybridized carbons (Fsp3) is 0.857. The van der Waals surface area contributed by atoms with Crippen LogP contribution in [0.2, 0.25) is 0 Å². The van der Waals surface area contributed by atoms with E-state index in [4.69, 9.17) is 29.2 Å². The average Bonchev–Trinajstić information content (AvgIpc) is 2.42. The van der Waals surface area contributed by atoms with E-state index in [0.717, 1.165) is 12.8 Å². The molecule has 126 valence electrons. The van der Waals surface area contributed by atoms with Crippen molar-refractivity contribution in [2.75, 3.05) is 26.4 Å². The minimum Gasteiger partial charge on any atom is -0.450 e. The Balaban J connectivity index is 0. The molecule has 0 bridgehead atoms. The van der Waals surface area contributed by atoms with Crippen molar-refractivity contribution in [2.24, 2.45) is 0 Å². The lowest BCUT2D eigenvalue weighted by molar-refractivity contribution is 0.0286. The molecule has 0 radical (unpaired) electrons. The summed E-state index contributed by atoms with van der Waals surface area (Å²) in [6, 6.07) is 0. The molecule has 21 heavy (non-hydrogen) atoms. The van der Waals surface area contributed by atoms with Gasteiger partial charge in [0.15, 0.2) is 0 Å². The maximum Gasteiger partial charge on any atom is 0.508 e. The molecule has 0 aliphatic rings. The van der Waals surface area contributed by atoms with Gasteiger partial charge in [0, 0.05) is 6.61 Å². The van der Waals surface area contributed by atoms with E-state index >= 15 is 0 Å². The van der Waals surface area contributed by atoms with Crippen LogP contribution >= 0.6 is 0 Å². The van der Waals surface area contributed by atoms with Gasteiger partial charge in [0.1, 0.15) is 6.61 Å². The SMILES string of the molecule is CCCCCCCCOC(=O)OCCOCC.O=C(O)O. The fourth-order valence-electron chi connectivity index (χ4n) is 1.41. The summed E-state index contributed by atoms with van der Waals surface area (Å²) in [4.78, 5) is 19.6. The van der Waals surface area contributed by atoms with Crippen molar-refractivity contribution in [3.8, 4) is 0 Å². The first-order chi connectivity index (χ1) is 10.0. The van der Waals surface area contributed by atoms with E-state index in [1.807, 2.05) is 6.92 Å². The molecule has 0 amide bonds. The molecule has 0 aliphatic heterocycles. The Labute approximate surface area is 126 Å². The summed E-state index contributed by atoms with van der Waals surface area (Å²) in [7, 11) is 0. The van der Waals surface area contributed by atoms with Gasteiger partial charge in [0.25, 0.3) is 0 Å². The van der Waals surface area contributed by atoms with Gasteiger partial charge < -0.3 is 24.4 Å². The summed E-state index contributed by atoms with van der Waals surface area (Å²) in [6.45, 7) is 5.89. The lowest BCUT2D eigenvalue weighted by atomic mass is 10.1. The van der Waals surface area contributed by atoms with E-state index in [1.165, 1.54) is 25.7 Å². The van der Waals surface area contributed by atoms with Crippen LogP contribution in [0.1, 0.15) is 52.4 Å². The maximum absolute atomic E-state index is 11.0. The Morgan fingerprint density at radius 3 is 1.90 bits per heavy atom. The number of hydrogen-bond acceptors (Lipinski definition) is 5. The Bertz CT molecular complexity index is 239. The lowest BCUT2D eigenvalue weighted by Crippen LogP contribution is -2.12. The zero-order valence-corrected chi connectivity index (χ0v) is 13.0. The van der Waals surface area contributed by atoms with Gasteiger partial charge >= 0.3 is 12.3 Å². The van der Waals surface area contributed by atoms with E-state index in [1.54, 1.807) is 0 Å². The molecule has 7 heteroatoms. The number of carboxylic acid groups (broad SMARTS) is 2. The first-order valence-electron chi connectivity index (χ1n) is 7.33. The first-order valence-corrected chi connectivity index (χ1v) is 7.33. The highest BCUT2D eigenvalue weighted by atomic mass is 16.7. The van der Waals surface area contributed by atoms with E-state index in [2.05, 4.69) is 6.92 Å². The fourth-order valence-corrected chi connectivity index (χ4v) is 1.41. The van der Waals surface area contributed by atoms with Crippen LogP contribution in [0.4, 0.5) is 9.59 Å². The standard InChI is InChI=1S/C13H26O4.CH2O3/c1-3-5-6-7-8-9-10-16-13(14)17-12-11-15-4-2;2-1(3)4/h3-12H2,1-2H3;(H2,2,3,4). The van der Waals surface area contributed by atoms with Crippen molar-refractivity contribution in [1.29, 1.82) is 0 Å². The second-order valence-corrected chi connectivity index (χ2v) is 4.19. The van der Waals surface area contributed by atoms with Crippen LogP contribution in [-0.4, -0.2) is 49.0 Å². The Morgan fingerprint density at radius 1 is 0.810 bits per heavy atom. The number of carbonyl (C=O) groups is 2. The molecule has 0 saturated heterocycles. The normalized spacial score (nSPS) is 9.43. The van der Waals surface area contributed by atoms with Crippen molar-refractivity contribution in [3.05, 3.63) is 0 Å². The average molecular weight is 308 g/mol. The van der Waals surface area contributed by atoms with E-state index in [-0.39, 0.29) is 6.61 Å². The zero-order chi connectivity index (χ0) is 16.3. The molecule has 0 aromatic carbocycles. The monoisotopic (exact) mass is 308 g/mol. The summed E-state index contributed by atoms with van der Waals surface area (Å²) in [6.07, 6.45) is 4.66. The third kappa shape index (κ3) is 27.6. The second kappa shape index (κ2) is 18.5. The zero-order valence-electron chi connectivity index (χ0n) is 13.0. The molecule has 0 heterocycles. The molecule has 0 rings (SSSR count). The number of rotatable bonds is 11. The molecule has 0 fully saturated rings. The molecule has 2 N–H and O–H groups in total. The topological polar surface area (TPSA) is 102 Å². The van der Waals surface area contributed by atoms with Crippen LogP contribution in [0.5, 0.6) is 0 Å². The van der Waals surface area contributed by atoms with Crippen LogP contribution in [-0.2, 0) is 14.2 Å². The van der Waals surface area contributed by atoms with Gasteiger partial charge in [-0.2, -0.15) is 0 Å². The van der Waals surface area contributed by atoms with E-state index in [0.29, 0.717) is 19.8 Å². The van der Waals surface area contributed by atoms with Crippen molar-refractivity contribution in [1.82, 2.24) is 0 Å². The molecule has 0 spiro atoms. The van der Waals surface area contributed by atoms with E-state index in [9.17, 15) is 4.79 Å². The Kier molecular flexibility index (Phi) is 19.2. The largest absolute Gasteiger partial charge is 0.508 e. The summed E-state index contributed by atoms with van der Waals surface area (Å²) in [5, 5.41) is 13.9. The smallest absolute Gasteiger partial charge is 0.450 e. The molecule has 0 aromatic rings. The molecule has 7 nitrogen and oxygen atoms in total. The van der Waals surface area contributed by atoms with Crippen molar-refractivity contribution < 1.29 is 34.0 Å². The highest BCUT2D eigenvalue weighted by molar-refractivity contribution is 5.59.